The number of thiazole rings is 1. The number of hydrogen-bond acceptors (Lipinski definition) is 4. The molecule has 0 atom stereocenters. The summed E-state index contributed by atoms with van der Waals surface area (Å²) in [5, 5.41) is 10.1. The van der Waals surface area contributed by atoms with Gasteiger partial charge in [0.05, 0.1) is 23.9 Å². The van der Waals surface area contributed by atoms with Crippen molar-refractivity contribution in [1.82, 2.24) is 14.5 Å². The molecule has 0 aliphatic rings. The second-order valence-corrected chi connectivity index (χ2v) is 5.43. The van der Waals surface area contributed by atoms with Gasteiger partial charge in [-0.2, -0.15) is 0 Å². The van der Waals surface area contributed by atoms with Crippen molar-refractivity contribution in [2.45, 2.75) is 13.5 Å². The molecule has 1 N–H and O–H groups in total. The zero-order valence-electron chi connectivity index (χ0n) is 11.4. The van der Waals surface area contributed by atoms with Crippen LogP contribution in [0.2, 0.25) is 0 Å². The summed E-state index contributed by atoms with van der Waals surface area (Å²) >= 11 is 1.18. The van der Waals surface area contributed by atoms with E-state index in [1.807, 2.05) is 41.8 Å². The normalized spacial score (nSPS) is 10.7. The van der Waals surface area contributed by atoms with Gasteiger partial charge in [0, 0.05) is 12.1 Å². The molecule has 3 aromatic rings. The summed E-state index contributed by atoms with van der Waals surface area (Å²) in [6.45, 7) is 2.77. The predicted molar refractivity (Wildman–Crippen MR) is 81.4 cm³/mol. The molecule has 3 rings (SSSR count). The van der Waals surface area contributed by atoms with Gasteiger partial charge in [-0.25, -0.2) is 14.8 Å². The number of imidazole rings is 1. The molecule has 0 unspecified atom stereocenters. The Hall–Kier alpha value is -2.47. The van der Waals surface area contributed by atoms with E-state index in [1.54, 1.807) is 12.5 Å². The molecule has 2 heterocycles. The lowest BCUT2D eigenvalue weighted by Crippen LogP contribution is -1.95. The van der Waals surface area contributed by atoms with Crippen LogP contribution in [-0.4, -0.2) is 25.6 Å². The number of nitrogens with zero attached hydrogens (tertiary/aromatic N) is 3. The van der Waals surface area contributed by atoms with Crippen LogP contribution in [0.3, 0.4) is 0 Å². The molecule has 0 spiro atoms. The van der Waals surface area contributed by atoms with Crippen molar-refractivity contribution in [2.75, 3.05) is 0 Å². The number of carboxylic acids is 1. The van der Waals surface area contributed by atoms with E-state index in [4.69, 9.17) is 0 Å². The van der Waals surface area contributed by atoms with Crippen LogP contribution in [0.15, 0.2) is 42.9 Å². The Labute approximate surface area is 125 Å². The molecule has 0 fully saturated rings. The van der Waals surface area contributed by atoms with E-state index in [0.29, 0.717) is 10.7 Å². The highest BCUT2D eigenvalue weighted by Gasteiger charge is 2.20. The number of aromatic carboxylic acids is 1. The summed E-state index contributed by atoms with van der Waals surface area (Å²) in [6, 6.07) is 9.36. The zero-order chi connectivity index (χ0) is 14.8. The van der Waals surface area contributed by atoms with Crippen molar-refractivity contribution in [1.29, 1.82) is 0 Å². The van der Waals surface area contributed by atoms with Gasteiger partial charge in [0.2, 0.25) is 0 Å². The maximum Gasteiger partial charge on any atom is 0.348 e. The molecule has 6 heteroatoms. The van der Waals surface area contributed by atoms with E-state index in [0.717, 1.165) is 17.8 Å². The van der Waals surface area contributed by atoms with E-state index in [-0.39, 0.29) is 4.88 Å². The lowest BCUT2D eigenvalue weighted by atomic mass is 10.1. The highest BCUT2D eigenvalue weighted by Crippen LogP contribution is 2.33. The van der Waals surface area contributed by atoms with Gasteiger partial charge in [0.15, 0.2) is 0 Å². The van der Waals surface area contributed by atoms with E-state index >= 15 is 0 Å². The molecule has 5 nitrogen and oxygen atoms in total. The fraction of sp³-hybridized carbons (Fsp3) is 0.133. The Kier molecular flexibility index (Phi) is 3.53. The van der Waals surface area contributed by atoms with Crippen molar-refractivity contribution in [3.05, 3.63) is 47.7 Å². The summed E-state index contributed by atoms with van der Waals surface area (Å²) in [6.07, 6.45) is 3.43. The highest BCUT2D eigenvalue weighted by molar-refractivity contribution is 7.17. The van der Waals surface area contributed by atoms with Crippen LogP contribution < -0.4 is 0 Å². The second-order valence-electron chi connectivity index (χ2n) is 4.43. The molecule has 2 aromatic heterocycles. The number of carbonyl (C=O) groups is 1. The van der Waals surface area contributed by atoms with Crippen LogP contribution in [0, 0.1) is 0 Å². The first-order chi connectivity index (χ1) is 10.2. The largest absolute Gasteiger partial charge is 0.477 e. The van der Waals surface area contributed by atoms with Crippen LogP contribution >= 0.6 is 11.3 Å². The lowest BCUT2D eigenvalue weighted by Gasteiger charge is -2.00. The van der Waals surface area contributed by atoms with Crippen LogP contribution in [0.25, 0.3) is 22.0 Å². The lowest BCUT2D eigenvalue weighted by molar-refractivity contribution is 0.0702. The van der Waals surface area contributed by atoms with Gasteiger partial charge in [-0.05, 0) is 6.92 Å². The molecule has 0 aliphatic heterocycles. The minimum atomic E-state index is -0.958. The van der Waals surface area contributed by atoms with Gasteiger partial charge >= 0.3 is 5.97 Å². The van der Waals surface area contributed by atoms with E-state index < -0.39 is 5.97 Å². The topological polar surface area (TPSA) is 68.0 Å². The second kappa shape index (κ2) is 5.49. The Morgan fingerprint density at radius 1 is 1.33 bits per heavy atom. The Balaban J connectivity index is 2.16. The summed E-state index contributed by atoms with van der Waals surface area (Å²) in [5.41, 5.74) is 2.15. The van der Waals surface area contributed by atoms with Gasteiger partial charge in [0.1, 0.15) is 9.88 Å². The number of aryl methyl sites for hydroxylation is 1. The Bertz CT molecular complexity index is 777. The third kappa shape index (κ3) is 2.45. The summed E-state index contributed by atoms with van der Waals surface area (Å²) in [5.74, 6) is -0.958. The maximum absolute atomic E-state index is 11.5. The number of benzene rings is 1. The van der Waals surface area contributed by atoms with Gasteiger partial charge in [-0.15, -0.1) is 11.3 Å². The Morgan fingerprint density at radius 2 is 2.10 bits per heavy atom. The molecule has 1 aromatic carbocycles. The average Bonchev–Trinajstić information content (AvgIpc) is 3.14. The summed E-state index contributed by atoms with van der Waals surface area (Å²) < 4.78 is 1.94. The van der Waals surface area contributed by atoms with E-state index in [2.05, 4.69) is 9.97 Å². The van der Waals surface area contributed by atoms with Crippen LogP contribution in [0.1, 0.15) is 16.6 Å². The van der Waals surface area contributed by atoms with Crippen molar-refractivity contribution in [3.63, 3.8) is 0 Å². The van der Waals surface area contributed by atoms with Crippen LogP contribution in [0.4, 0.5) is 0 Å². The fourth-order valence-corrected chi connectivity index (χ4v) is 3.07. The standard InChI is InChI=1S/C15H13N3O2S/c1-2-18-9-16-8-11(18)14-17-12(13(21-14)15(19)20)10-6-4-3-5-7-10/h3-9H,2H2,1H3,(H,19,20). The maximum atomic E-state index is 11.5. The molecule has 0 saturated carbocycles. The predicted octanol–water partition coefficient (Wildman–Crippen LogP) is 3.39. The van der Waals surface area contributed by atoms with Crippen LogP contribution in [-0.2, 0) is 6.54 Å². The first-order valence-electron chi connectivity index (χ1n) is 6.50. The molecule has 21 heavy (non-hydrogen) atoms. The van der Waals surface area contributed by atoms with Crippen molar-refractivity contribution in [2.24, 2.45) is 0 Å². The first kappa shape index (κ1) is 13.5. The molecule has 0 saturated heterocycles. The first-order valence-corrected chi connectivity index (χ1v) is 7.32. The fourth-order valence-electron chi connectivity index (χ4n) is 2.12. The number of rotatable bonds is 4. The highest BCUT2D eigenvalue weighted by atomic mass is 32.1. The molecule has 0 amide bonds. The average molecular weight is 299 g/mol. The molecule has 106 valence electrons. The SMILES string of the molecule is CCn1cncc1-c1nc(-c2ccccc2)c(C(=O)O)s1. The Morgan fingerprint density at radius 3 is 2.76 bits per heavy atom. The van der Waals surface area contributed by atoms with Gasteiger partial charge in [0.25, 0.3) is 0 Å². The number of carboxylic acid groups (broad SMARTS) is 1. The van der Waals surface area contributed by atoms with Gasteiger partial charge in [-0.3, -0.25) is 0 Å². The van der Waals surface area contributed by atoms with E-state index in [1.165, 1.54) is 11.3 Å². The quantitative estimate of drug-likeness (QED) is 0.801. The zero-order valence-corrected chi connectivity index (χ0v) is 12.2. The monoisotopic (exact) mass is 299 g/mol. The number of hydrogen-bond donors (Lipinski definition) is 1. The number of aromatic nitrogens is 3. The van der Waals surface area contributed by atoms with Crippen molar-refractivity contribution in [3.8, 4) is 22.0 Å². The molecule has 0 radical (unpaired) electrons. The van der Waals surface area contributed by atoms with Gasteiger partial charge in [-0.1, -0.05) is 30.3 Å². The minimum Gasteiger partial charge on any atom is -0.477 e. The smallest absolute Gasteiger partial charge is 0.348 e. The van der Waals surface area contributed by atoms with Crippen molar-refractivity contribution < 1.29 is 9.90 Å². The molecular formula is C15H13N3O2S. The van der Waals surface area contributed by atoms with E-state index in [9.17, 15) is 9.90 Å². The third-order valence-electron chi connectivity index (χ3n) is 3.14. The summed E-state index contributed by atoms with van der Waals surface area (Å²) in [4.78, 5) is 20.4. The molecule has 0 aliphatic carbocycles. The van der Waals surface area contributed by atoms with Gasteiger partial charge < -0.3 is 9.67 Å². The molecular weight excluding hydrogens is 286 g/mol. The molecule has 0 bridgehead atoms. The van der Waals surface area contributed by atoms with Crippen LogP contribution in [0.5, 0.6) is 0 Å². The van der Waals surface area contributed by atoms with Crippen molar-refractivity contribution >= 4 is 17.3 Å². The minimum absolute atomic E-state index is 0.250. The third-order valence-corrected chi connectivity index (χ3v) is 4.21. The summed E-state index contributed by atoms with van der Waals surface area (Å²) in [7, 11) is 0.